The van der Waals surface area contributed by atoms with Crippen LogP contribution in [0.3, 0.4) is 0 Å². The SMILES string of the molecule is O=C(NN=Cc1cn(Cc2cccc([N+](=O)[O-])c2)c2ccccc12)c1cccc(C(F)(F)F)c1. The van der Waals surface area contributed by atoms with E-state index in [1.54, 1.807) is 18.3 Å². The zero-order chi connectivity index (χ0) is 24.3. The van der Waals surface area contributed by atoms with Crippen LogP contribution in [0.15, 0.2) is 84.1 Å². The number of hydrogen-bond acceptors (Lipinski definition) is 4. The molecule has 172 valence electrons. The molecule has 10 heteroatoms. The first-order valence-corrected chi connectivity index (χ1v) is 10.0. The van der Waals surface area contributed by atoms with Gasteiger partial charge in [-0.15, -0.1) is 0 Å². The van der Waals surface area contributed by atoms with Gasteiger partial charge >= 0.3 is 6.18 Å². The van der Waals surface area contributed by atoms with Gasteiger partial charge in [-0.2, -0.15) is 18.3 Å². The lowest BCUT2D eigenvalue weighted by atomic mass is 10.1. The maximum absolute atomic E-state index is 12.9. The van der Waals surface area contributed by atoms with Crippen molar-refractivity contribution in [1.29, 1.82) is 0 Å². The van der Waals surface area contributed by atoms with Gasteiger partial charge in [0.1, 0.15) is 0 Å². The molecule has 0 spiro atoms. The van der Waals surface area contributed by atoms with Crippen LogP contribution in [0.2, 0.25) is 0 Å². The molecule has 34 heavy (non-hydrogen) atoms. The molecule has 0 saturated heterocycles. The fourth-order valence-corrected chi connectivity index (χ4v) is 3.54. The second kappa shape index (κ2) is 9.18. The molecule has 1 N–H and O–H groups in total. The number of hydrazone groups is 1. The molecule has 0 radical (unpaired) electrons. The predicted octanol–water partition coefficient (Wildman–Crippen LogP) is 5.38. The Morgan fingerprint density at radius 2 is 1.82 bits per heavy atom. The lowest BCUT2D eigenvalue weighted by Crippen LogP contribution is -2.18. The van der Waals surface area contributed by atoms with Gasteiger partial charge in [0.25, 0.3) is 11.6 Å². The van der Waals surface area contributed by atoms with Crippen LogP contribution in [0.1, 0.15) is 27.0 Å². The summed E-state index contributed by atoms with van der Waals surface area (Å²) in [7, 11) is 0. The summed E-state index contributed by atoms with van der Waals surface area (Å²) in [6.07, 6.45) is -1.37. The fraction of sp³-hybridized carbons (Fsp3) is 0.0833. The molecule has 1 heterocycles. The summed E-state index contributed by atoms with van der Waals surface area (Å²) in [5, 5.41) is 15.8. The van der Waals surface area contributed by atoms with Crippen LogP contribution in [-0.2, 0) is 12.7 Å². The van der Waals surface area contributed by atoms with Crippen molar-refractivity contribution in [2.24, 2.45) is 5.10 Å². The van der Waals surface area contributed by atoms with Crippen molar-refractivity contribution in [1.82, 2.24) is 9.99 Å². The Kier molecular flexibility index (Phi) is 6.13. The predicted molar refractivity (Wildman–Crippen MR) is 121 cm³/mol. The van der Waals surface area contributed by atoms with E-state index in [9.17, 15) is 28.1 Å². The van der Waals surface area contributed by atoms with Crippen LogP contribution < -0.4 is 5.43 Å². The molecular formula is C24H17F3N4O3. The zero-order valence-corrected chi connectivity index (χ0v) is 17.5. The highest BCUT2D eigenvalue weighted by Gasteiger charge is 2.30. The van der Waals surface area contributed by atoms with Crippen molar-refractivity contribution in [2.45, 2.75) is 12.7 Å². The zero-order valence-electron chi connectivity index (χ0n) is 17.5. The summed E-state index contributed by atoms with van der Waals surface area (Å²) < 4.78 is 40.5. The molecule has 0 atom stereocenters. The molecule has 0 unspecified atom stereocenters. The van der Waals surface area contributed by atoms with E-state index in [0.29, 0.717) is 12.1 Å². The average molecular weight is 466 g/mol. The quantitative estimate of drug-likeness (QED) is 0.235. The molecular weight excluding hydrogens is 449 g/mol. The number of carbonyl (C=O) groups is 1. The number of aromatic nitrogens is 1. The van der Waals surface area contributed by atoms with Crippen LogP contribution in [0.4, 0.5) is 18.9 Å². The van der Waals surface area contributed by atoms with Gasteiger partial charge in [0, 0.05) is 46.9 Å². The molecule has 0 fully saturated rings. The van der Waals surface area contributed by atoms with Crippen LogP contribution in [0, 0.1) is 10.1 Å². The average Bonchev–Trinajstić information content (AvgIpc) is 3.16. The van der Waals surface area contributed by atoms with Crippen LogP contribution in [0.5, 0.6) is 0 Å². The molecule has 3 aromatic carbocycles. The van der Waals surface area contributed by atoms with Crippen LogP contribution in [0.25, 0.3) is 10.9 Å². The summed E-state index contributed by atoms with van der Waals surface area (Å²) in [6.45, 7) is 0.368. The molecule has 4 rings (SSSR count). The molecule has 1 amide bonds. The van der Waals surface area contributed by atoms with Gasteiger partial charge in [0.15, 0.2) is 0 Å². The first-order chi connectivity index (χ1) is 16.2. The van der Waals surface area contributed by atoms with Gasteiger partial charge in [-0.1, -0.05) is 36.4 Å². The second-order valence-corrected chi connectivity index (χ2v) is 7.43. The second-order valence-electron chi connectivity index (χ2n) is 7.43. The maximum atomic E-state index is 12.9. The van der Waals surface area contributed by atoms with Gasteiger partial charge < -0.3 is 4.57 Å². The van der Waals surface area contributed by atoms with E-state index < -0.39 is 22.6 Å². The van der Waals surface area contributed by atoms with E-state index in [-0.39, 0.29) is 11.3 Å². The number of carbonyl (C=O) groups excluding carboxylic acids is 1. The third-order valence-corrected chi connectivity index (χ3v) is 5.12. The number of nitrogens with one attached hydrogen (secondary N) is 1. The van der Waals surface area contributed by atoms with Gasteiger partial charge in [-0.3, -0.25) is 14.9 Å². The van der Waals surface area contributed by atoms with E-state index in [4.69, 9.17) is 0 Å². The lowest BCUT2D eigenvalue weighted by molar-refractivity contribution is -0.384. The topological polar surface area (TPSA) is 89.5 Å². The van der Waals surface area contributed by atoms with Gasteiger partial charge in [-0.25, -0.2) is 5.43 Å². The highest BCUT2D eigenvalue weighted by molar-refractivity contribution is 6.00. The van der Waals surface area contributed by atoms with Crippen LogP contribution in [-0.4, -0.2) is 21.6 Å². The van der Waals surface area contributed by atoms with E-state index in [2.05, 4.69) is 10.5 Å². The van der Waals surface area contributed by atoms with Gasteiger partial charge in [0.05, 0.1) is 16.7 Å². The minimum Gasteiger partial charge on any atom is -0.342 e. The Labute approximate surface area is 191 Å². The third kappa shape index (κ3) is 4.96. The number of non-ortho nitro benzene ring substituents is 1. The normalized spacial score (nSPS) is 11.7. The highest BCUT2D eigenvalue weighted by atomic mass is 19.4. The number of alkyl halides is 3. The maximum Gasteiger partial charge on any atom is 0.416 e. The van der Waals surface area contributed by atoms with Gasteiger partial charge in [0.2, 0.25) is 0 Å². The molecule has 0 aliphatic heterocycles. The summed E-state index contributed by atoms with van der Waals surface area (Å²) in [5.41, 5.74) is 3.39. The first-order valence-electron chi connectivity index (χ1n) is 10.0. The summed E-state index contributed by atoms with van der Waals surface area (Å²) in [5.74, 6) is -0.775. The van der Waals surface area contributed by atoms with E-state index in [1.165, 1.54) is 24.4 Å². The van der Waals surface area contributed by atoms with E-state index in [0.717, 1.165) is 34.7 Å². The van der Waals surface area contributed by atoms with E-state index >= 15 is 0 Å². The summed E-state index contributed by atoms with van der Waals surface area (Å²) in [6, 6.07) is 17.8. The molecule has 0 bridgehead atoms. The van der Waals surface area contributed by atoms with Gasteiger partial charge in [-0.05, 0) is 29.8 Å². The minimum absolute atomic E-state index is 0.00643. The lowest BCUT2D eigenvalue weighted by Gasteiger charge is -2.07. The molecule has 0 saturated carbocycles. The number of nitro groups is 1. The van der Waals surface area contributed by atoms with Crippen LogP contribution >= 0.6 is 0 Å². The number of hydrogen-bond donors (Lipinski definition) is 1. The Morgan fingerprint density at radius 3 is 2.59 bits per heavy atom. The number of benzene rings is 3. The van der Waals surface area contributed by atoms with Crippen molar-refractivity contribution >= 4 is 28.7 Å². The molecule has 0 aliphatic rings. The standard InChI is InChI=1S/C24H17F3N4O3/c25-24(26,27)19-7-4-6-17(12-19)23(32)29-28-13-18-15-30(22-10-2-1-9-21(18)22)14-16-5-3-8-20(11-16)31(33)34/h1-13,15H,14H2,(H,29,32). The minimum atomic E-state index is -4.55. The van der Waals surface area contributed by atoms with Crippen molar-refractivity contribution in [3.05, 3.63) is 111 Å². The number of nitrogens with zero attached hydrogens (tertiary/aromatic N) is 3. The molecule has 7 nitrogen and oxygen atoms in total. The summed E-state index contributed by atoms with van der Waals surface area (Å²) >= 11 is 0. The largest absolute Gasteiger partial charge is 0.416 e. The fourth-order valence-electron chi connectivity index (χ4n) is 3.54. The Balaban J connectivity index is 1.56. The number of amides is 1. The Hall–Kier alpha value is -4.47. The Morgan fingerprint density at radius 1 is 1.06 bits per heavy atom. The third-order valence-electron chi connectivity index (χ3n) is 5.12. The Bertz CT molecular complexity index is 1410. The van der Waals surface area contributed by atoms with Crippen molar-refractivity contribution in [2.75, 3.05) is 0 Å². The molecule has 1 aromatic heterocycles. The number of rotatable bonds is 6. The number of nitro benzene ring substituents is 1. The summed E-state index contributed by atoms with van der Waals surface area (Å²) in [4.78, 5) is 22.9. The van der Waals surface area contributed by atoms with E-state index in [1.807, 2.05) is 28.8 Å². The molecule has 0 aliphatic carbocycles. The number of fused-ring (bicyclic) bond motifs is 1. The van der Waals surface area contributed by atoms with Crippen molar-refractivity contribution in [3.8, 4) is 0 Å². The number of halogens is 3. The van der Waals surface area contributed by atoms with Crippen molar-refractivity contribution < 1.29 is 22.9 Å². The number of para-hydroxylation sites is 1. The van der Waals surface area contributed by atoms with Crippen molar-refractivity contribution in [3.63, 3.8) is 0 Å². The highest BCUT2D eigenvalue weighted by Crippen LogP contribution is 2.29. The smallest absolute Gasteiger partial charge is 0.342 e. The first kappa shape index (κ1) is 22.7. The monoisotopic (exact) mass is 466 g/mol. The molecule has 4 aromatic rings.